The van der Waals surface area contributed by atoms with Crippen LogP contribution in [0.5, 0.6) is 0 Å². The van der Waals surface area contributed by atoms with E-state index in [1.807, 2.05) is 0 Å². The minimum absolute atomic E-state index is 0.203. The van der Waals surface area contributed by atoms with Crippen molar-refractivity contribution in [3.8, 4) is 0 Å². The second-order valence-electron chi connectivity index (χ2n) is 7.43. The number of benzene rings is 4. The van der Waals surface area contributed by atoms with Gasteiger partial charge in [-0.25, -0.2) is 0 Å². The maximum Gasteiger partial charge on any atom is 0.0423 e. The predicted octanol–water partition coefficient (Wildman–Crippen LogP) is 7.09. The lowest BCUT2D eigenvalue weighted by molar-refractivity contribution is 0.693. The van der Waals surface area contributed by atoms with Gasteiger partial charge in [0.25, 0.3) is 0 Å². The van der Waals surface area contributed by atoms with Gasteiger partial charge in [0, 0.05) is 16.8 Å². The fourth-order valence-electron chi connectivity index (χ4n) is 3.73. The molecule has 0 heterocycles. The summed E-state index contributed by atoms with van der Waals surface area (Å²) in [5, 5.41) is 3.49. The first kappa shape index (κ1) is 18.1. The van der Waals surface area contributed by atoms with Crippen LogP contribution >= 0.6 is 0 Å². The highest BCUT2D eigenvalue weighted by atomic mass is 14.9. The molecular weight excluding hydrogens is 338 g/mol. The summed E-state index contributed by atoms with van der Waals surface area (Å²) in [6.45, 7) is 4.41. The minimum Gasteiger partial charge on any atom is -0.356 e. The Hall–Kier alpha value is -3.32. The van der Waals surface area contributed by atoms with Gasteiger partial charge in [-0.3, -0.25) is 0 Å². The standard InChI is InChI=1S/C27H25N/c1-21-13-17-25(18-14-21)28-26-19-15-24(16-20-26)27(2,22-9-5-3-6-10-22)23-11-7-4-8-12-23/h3-20,28H,1-2H3. The third kappa shape index (κ3) is 3.57. The van der Waals surface area contributed by atoms with Gasteiger partial charge in [0.05, 0.1) is 0 Å². The van der Waals surface area contributed by atoms with Gasteiger partial charge >= 0.3 is 0 Å². The van der Waals surface area contributed by atoms with Gasteiger partial charge in [-0.15, -0.1) is 0 Å². The van der Waals surface area contributed by atoms with Crippen LogP contribution < -0.4 is 5.32 Å². The van der Waals surface area contributed by atoms with E-state index in [0.717, 1.165) is 11.4 Å². The van der Waals surface area contributed by atoms with Gasteiger partial charge in [-0.1, -0.05) is 90.5 Å². The predicted molar refractivity (Wildman–Crippen MR) is 119 cm³/mol. The van der Waals surface area contributed by atoms with Crippen LogP contribution in [0.2, 0.25) is 0 Å². The van der Waals surface area contributed by atoms with E-state index in [4.69, 9.17) is 0 Å². The zero-order valence-electron chi connectivity index (χ0n) is 16.4. The second kappa shape index (κ2) is 7.74. The molecule has 0 saturated carbocycles. The van der Waals surface area contributed by atoms with Crippen LogP contribution in [0.1, 0.15) is 29.2 Å². The fourth-order valence-corrected chi connectivity index (χ4v) is 3.73. The molecular formula is C27H25N. The van der Waals surface area contributed by atoms with Crippen LogP contribution in [-0.4, -0.2) is 0 Å². The second-order valence-corrected chi connectivity index (χ2v) is 7.43. The number of rotatable bonds is 5. The zero-order valence-corrected chi connectivity index (χ0v) is 16.4. The minimum atomic E-state index is -0.203. The monoisotopic (exact) mass is 363 g/mol. The van der Waals surface area contributed by atoms with Crippen LogP contribution in [-0.2, 0) is 5.41 Å². The molecule has 0 amide bonds. The van der Waals surface area contributed by atoms with Gasteiger partial charge in [-0.2, -0.15) is 0 Å². The molecule has 0 bridgehead atoms. The third-order valence-corrected chi connectivity index (χ3v) is 5.50. The molecule has 0 saturated heterocycles. The van der Waals surface area contributed by atoms with E-state index in [2.05, 4.69) is 128 Å². The maximum atomic E-state index is 3.49. The van der Waals surface area contributed by atoms with Crippen molar-refractivity contribution < 1.29 is 0 Å². The highest BCUT2D eigenvalue weighted by Crippen LogP contribution is 2.39. The Morgan fingerprint density at radius 1 is 0.500 bits per heavy atom. The van der Waals surface area contributed by atoms with E-state index in [1.54, 1.807) is 0 Å². The molecule has 0 spiro atoms. The molecule has 1 nitrogen and oxygen atoms in total. The molecule has 1 N–H and O–H groups in total. The summed E-state index contributed by atoms with van der Waals surface area (Å²) < 4.78 is 0. The van der Waals surface area contributed by atoms with Gasteiger partial charge in [-0.05, 0) is 54.8 Å². The summed E-state index contributed by atoms with van der Waals surface area (Å²) in [7, 11) is 0. The van der Waals surface area contributed by atoms with E-state index in [0.29, 0.717) is 0 Å². The molecule has 4 aromatic rings. The Labute approximate surface area is 167 Å². The number of hydrogen-bond acceptors (Lipinski definition) is 1. The molecule has 28 heavy (non-hydrogen) atoms. The lowest BCUT2D eigenvalue weighted by Crippen LogP contribution is -2.25. The van der Waals surface area contributed by atoms with E-state index in [1.165, 1.54) is 22.3 Å². The van der Waals surface area contributed by atoms with Crippen LogP contribution in [0, 0.1) is 6.92 Å². The van der Waals surface area contributed by atoms with Crippen molar-refractivity contribution in [1.82, 2.24) is 0 Å². The van der Waals surface area contributed by atoms with E-state index >= 15 is 0 Å². The van der Waals surface area contributed by atoms with Gasteiger partial charge in [0.1, 0.15) is 0 Å². The van der Waals surface area contributed by atoms with Crippen molar-refractivity contribution in [2.75, 3.05) is 5.32 Å². The van der Waals surface area contributed by atoms with Crippen LogP contribution in [0.15, 0.2) is 109 Å². The molecule has 0 atom stereocenters. The van der Waals surface area contributed by atoms with Crippen LogP contribution in [0.3, 0.4) is 0 Å². The molecule has 4 rings (SSSR count). The van der Waals surface area contributed by atoms with E-state index in [-0.39, 0.29) is 5.41 Å². The first-order valence-electron chi connectivity index (χ1n) is 9.71. The topological polar surface area (TPSA) is 12.0 Å². The first-order chi connectivity index (χ1) is 13.7. The molecule has 0 aliphatic rings. The zero-order chi connectivity index (χ0) is 19.4. The van der Waals surface area contributed by atoms with E-state index < -0.39 is 0 Å². The van der Waals surface area contributed by atoms with Crippen molar-refractivity contribution in [1.29, 1.82) is 0 Å². The van der Waals surface area contributed by atoms with Crippen LogP contribution in [0.25, 0.3) is 0 Å². The number of anilines is 2. The van der Waals surface area contributed by atoms with Crippen LogP contribution in [0.4, 0.5) is 11.4 Å². The third-order valence-electron chi connectivity index (χ3n) is 5.50. The number of nitrogens with one attached hydrogen (secondary N) is 1. The molecule has 4 aromatic carbocycles. The smallest absolute Gasteiger partial charge is 0.0423 e. The molecule has 0 radical (unpaired) electrons. The van der Waals surface area contributed by atoms with Crippen molar-refractivity contribution in [3.05, 3.63) is 131 Å². The number of aryl methyl sites for hydroxylation is 1. The fraction of sp³-hybridized carbons (Fsp3) is 0.111. The molecule has 138 valence electrons. The Morgan fingerprint density at radius 2 is 0.893 bits per heavy atom. The van der Waals surface area contributed by atoms with Gasteiger partial charge in [0.15, 0.2) is 0 Å². The van der Waals surface area contributed by atoms with E-state index in [9.17, 15) is 0 Å². The average molecular weight is 364 g/mol. The summed E-state index contributed by atoms with van der Waals surface area (Å²) >= 11 is 0. The summed E-state index contributed by atoms with van der Waals surface area (Å²) in [6, 6.07) is 38.7. The number of hydrogen-bond donors (Lipinski definition) is 1. The summed E-state index contributed by atoms with van der Waals surface area (Å²) in [4.78, 5) is 0. The summed E-state index contributed by atoms with van der Waals surface area (Å²) in [5.74, 6) is 0. The SMILES string of the molecule is Cc1ccc(Nc2ccc(C(C)(c3ccccc3)c3ccccc3)cc2)cc1. The van der Waals surface area contributed by atoms with Crippen molar-refractivity contribution >= 4 is 11.4 Å². The molecule has 0 aromatic heterocycles. The maximum absolute atomic E-state index is 3.49. The van der Waals surface area contributed by atoms with Gasteiger partial charge < -0.3 is 5.32 Å². The normalized spacial score (nSPS) is 11.2. The first-order valence-corrected chi connectivity index (χ1v) is 9.71. The highest BCUT2D eigenvalue weighted by molar-refractivity contribution is 5.61. The lowest BCUT2D eigenvalue weighted by atomic mass is 9.71. The summed E-state index contributed by atoms with van der Waals surface area (Å²) in [5.41, 5.74) is 7.12. The molecule has 0 aliphatic carbocycles. The molecule has 1 heteroatoms. The summed E-state index contributed by atoms with van der Waals surface area (Å²) in [6.07, 6.45) is 0. The Bertz CT molecular complexity index is 978. The van der Waals surface area contributed by atoms with Gasteiger partial charge in [0.2, 0.25) is 0 Å². The quantitative estimate of drug-likeness (QED) is 0.373. The van der Waals surface area contributed by atoms with Crippen molar-refractivity contribution in [2.45, 2.75) is 19.3 Å². The Balaban J connectivity index is 1.70. The Kier molecular flexibility index (Phi) is 4.99. The highest BCUT2D eigenvalue weighted by Gasteiger charge is 2.30. The van der Waals surface area contributed by atoms with Crippen molar-refractivity contribution in [2.24, 2.45) is 0 Å². The molecule has 0 aliphatic heterocycles. The largest absolute Gasteiger partial charge is 0.356 e. The molecule has 0 fully saturated rings. The Morgan fingerprint density at radius 3 is 1.36 bits per heavy atom. The average Bonchev–Trinajstić information content (AvgIpc) is 2.76. The lowest BCUT2D eigenvalue weighted by Gasteiger charge is -2.32. The van der Waals surface area contributed by atoms with Crippen molar-refractivity contribution in [3.63, 3.8) is 0 Å². The molecule has 0 unspecified atom stereocenters.